The maximum absolute atomic E-state index is 6.43. The predicted octanol–water partition coefficient (Wildman–Crippen LogP) is 3.77. The van der Waals surface area contributed by atoms with E-state index in [0.29, 0.717) is 23.4 Å². The van der Waals surface area contributed by atoms with Crippen molar-refractivity contribution >= 4 is 0 Å². The van der Waals surface area contributed by atoms with Gasteiger partial charge in [-0.1, -0.05) is 39.8 Å². The summed E-state index contributed by atoms with van der Waals surface area (Å²) in [6.07, 6.45) is 0. The Hall–Kier alpha value is -1.02. The normalized spacial score (nSPS) is 22.6. The molecule has 1 aliphatic carbocycles. The first kappa shape index (κ1) is 13.4. The van der Waals surface area contributed by atoms with Crippen LogP contribution in [0.15, 0.2) is 24.3 Å². The van der Waals surface area contributed by atoms with Gasteiger partial charge in [0, 0.05) is 6.04 Å². The van der Waals surface area contributed by atoms with Crippen molar-refractivity contribution in [2.45, 2.75) is 40.7 Å². The van der Waals surface area contributed by atoms with Crippen LogP contribution in [-0.4, -0.2) is 6.61 Å². The topological polar surface area (TPSA) is 35.2 Å². The highest BCUT2D eigenvalue weighted by Crippen LogP contribution is 2.71. The van der Waals surface area contributed by atoms with Gasteiger partial charge < -0.3 is 10.5 Å². The second-order valence-corrected chi connectivity index (χ2v) is 6.45. The molecule has 2 rings (SSSR count). The molecule has 0 bridgehead atoms. The van der Waals surface area contributed by atoms with Crippen LogP contribution in [0.5, 0.6) is 5.75 Å². The van der Waals surface area contributed by atoms with Crippen molar-refractivity contribution in [2.24, 2.45) is 22.5 Å². The molecule has 2 nitrogen and oxygen atoms in total. The molecule has 18 heavy (non-hydrogen) atoms. The molecule has 0 saturated heterocycles. The number of hydrogen-bond donors (Lipinski definition) is 1. The molecule has 1 unspecified atom stereocenters. The lowest BCUT2D eigenvalue weighted by Gasteiger charge is -2.15. The zero-order chi connectivity index (χ0) is 13.6. The summed E-state index contributed by atoms with van der Waals surface area (Å²) in [5.74, 6) is 1.46. The van der Waals surface area contributed by atoms with Gasteiger partial charge in [0.25, 0.3) is 0 Å². The molecule has 1 saturated carbocycles. The van der Waals surface area contributed by atoms with Crippen LogP contribution in [0, 0.1) is 16.7 Å². The Morgan fingerprint density at radius 2 is 1.61 bits per heavy atom. The number of nitrogens with two attached hydrogens (primary N) is 1. The van der Waals surface area contributed by atoms with Crippen LogP contribution >= 0.6 is 0 Å². The molecule has 100 valence electrons. The average Bonchev–Trinajstić information content (AvgIpc) is 2.70. The summed E-state index contributed by atoms with van der Waals surface area (Å²) in [6, 6.07) is 8.34. The molecule has 1 aromatic carbocycles. The van der Waals surface area contributed by atoms with Gasteiger partial charge >= 0.3 is 0 Å². The van der Waals surface area contributed by atoms with Crippen molar-refractivity contribution in [1.29, 1.82) is 0 Å². The first-order chi connectivity index (χ1) is 8.32. The molecule has 1 atom stereocenters. The Balaban J connectivity index is 2.13. The van der Waals surface area contributed by atoms with Crippen LogP contribution < -0.4 is 10.5 Å². The molecule has 1 fully saturated rings. The molecule has 0 radical (unpaired) electrons. The Kier molecular flexibility index (Phi) is 3.18. The largest absolute Gasteiger partial charge is 0.494 e. The van der Waals surface area contributed by atoms with Crippen LogP contribution in [0.25, 0.3) is 0 Å². The molecule has 0 amide bonds. The maximum Gasteiger partial charge on any atom is 0.119 e. The molecule has 2 heteroatoms. The van der Waals surface area contributed by atoms with E-state index in [9.17, 15) is 0 Å². The van der Waals surface area contributed by atoms with Gasteiger partial charge in [-0.2, -0.15) is 0 Å². The fraction of sp³-hybridized carbons (Fsp3) is 0.625. The third kappa shape index (κ3) is 1.93. The van der Waals surface area contributed by atoms with Gasteiger partial charge in [-0.05, 0) is 41.4 Å². The molecular weight excluding hydrogens is 222 g/mol. The van der Waals surface area contributed by atoms with E-state index in [0.717, 1.165) is 5.75 Å². The summed E-state index contributed by atoms with van der Waals surface area (Å²) in [6.45, 7) is 11.9. The zero-order valence-corrected chi connectivity index (χ0v) is 12.2. The van der Waals surface area contributed by atoms with Crippen LogP contribution in [0.4, 0.5) is 0 Å². The lowest BCUT2D eigenvalue weighted by atomic mass is 9.97. The van der Waals surface area contributed by atoms with E-state index in [2.05, 4.69) is 39.8 Å². The summed E-state index contributed by atoms with van der Waals surface area (Å²) in [7, 11) is 0. The van der Waals surface area contributed by atoms with Crippen molar-refractivity contribution in [3.63, 3.8) is 0 Å². The van der Waals surface area contributed by atoms with Crippen LogP contribution in [-0.2, 0) is 0 Å². The molecule has 0 spiro atoms. The predicted molar refractivity (Wildman–Crippen MR) is 75.6 cm³/mol. The Bertz CT molecular complexity index is 405. The average molecular weight is 247 g/mol. The molecular formula is C16H25NO. The first-order valence-corrected chi connectivity index (χ1v) is 6.80. The van der Waals surface area contributed by atoms with Gasteiger partial charge in [0.1, 0.15) is 5.75 Å². The number of ether oxygens (including phenoxy) is 1. The van der Waals surface area contributed by atoms with Crippen molar-refractivity contribution in [2.75, 3.05) is 6.61 Å². The summed E-state index contributed by atoms with van der Waals surface area (Å²) < 4.78 is 5.46. The fourth-order valence-electron chi connectivity index (χ4n) is 3.29. The van der Waals surface area contributed by atoms with Crippen LogP contribution in [0.2, 0.25) is 0 Å². The molecule has 0 aliphatic heterocycles. The van der Waals surface area contributed by atoms with Crippen molar-refractivity contribution < 1.29 is 4.74 Å². The van der Waals surface area contributed by atoms with Gasteiger partial charge in [0.2, 0.25) is 0 Å². The third-order valence-corrected chi connectivity index (χ3v) is 5.07. The quantitative estimate of drug-likeness (QED) is 0.879. The van der Waals surface area contributed by atoms with Gasteiger partial charge in [-0.3, -0.25) is 0 Å². The molecule has 1 aliphatic rings. The highest BCUT2D eigenvalue weighted by Gasteiger charge is 2.66. The highest BCUT2D eigenvalue weighted by molar-refractivity contribution is 5.32. The minimum Gasteiger partial charge on any atom is -0.494 e. The van der Waals surface area contributed by atoms with Crippen LogP contribution in [0.1, 0.15) is 46.2 Å². The second kappa shape index (κ2) is 4.27. The lowest BCUT2D eigenvalue weighted by molar-refractivity contribution is 0.340. The molecule has 0 heterocycles. The number of hydrogen-bond acceptors (Lipinski definition) is 2. The second-order valence-electron chi connectivity index (χ2n) is 6.45. The standard InChI is InChI=1S/C16H25NO/c1-6-18-12-9-7-11(8-10-12)13(17)14-15(2,3)16(14,4)5/h7-10,13-14H,6,17H2,1-5H3. The minimum atomic E-state index is 0.116. The van der Waals surface area contributed by atoms with E-state index < -0.39 is 0 Å². The summed E-state index contributed by atoms with van der Waals surface area (Å²) in [5, 5.41) is 0. The van der Waals surface area contributed by atoms with Gasteiger partial charge in [-0.15, -0.1) is 0 Å². The van der Waals surface area contributed by atoms with E-state index in [-0.39, 0.29) is 6.04 Å². The van der Waals surface area contributed by atoms with Gasteiger partial charge in [0.05, 0.1) is 6.61 Å². The summed E-state index contributed by atoms with van der Waals surface area (Å²) in [4.78, 5) is 0. The Labute approximate surface area is 111 Å². The summed E-state index contributed by atoms with van der Waals surface area (Å²) >= 11 is 0. The van der Waals surface area contributed by atoms with Crippen molar-refractivity contribution in [1.82, 2.24) is 0 Å². The SMILES string of the molecule is CCOc1ccc(C(N)C2C(C)(C)C2(C)C)cc1. The van der Waals surface area contributed by atoms with Crippen LogP contribution in [0.3, 0.4) is 0 Å². The lowest BCUT2D eigenvalue weighted by Crippen LogP contribution is -2.16. The number of rotatable bonds is 4. The monoisotopic (exact) mass is 247 g/mol. The third-order valence-electron chi connectivity index (χ3n) is 5.07. The Morgan fingerprint density at radius 1 is 1.11 bits per heavy atom. The van der Waals surface area contributed by atoms with E-state index in [1.54, 1.807) is 0 Å². The Morgan fingerprint density at radius 3 is 2.00 bits per heavy atom. The van der Waals surface area contributed by atoms with Crippen molar-refractivity contribution in [3.05, 3.63) is 29.8 Å². The molecule has 2 N–H and O–H groups in total. The van der Waals surface area contributed by atoms with E-state index in [1.165, 1.54) is 5.56 Å². The smallest absolute Gasteiger partial charge is 0.119 e. The van der Waals surface area contributed by atoms with Crippen molar-refractivity contribution in [3.8, 4) is 5.75 Å². The maximum atomic E-state index is 6.43. The molecule has 0 aromatic heterocycles. The highest BCUT2D eigenvalue weighted by atomic mass is 16.5. The fourth-order valence-corrected chi connectivity index (χ4v) is 3.29. The van der Waals surface area contributed by atoms with E-state index in [1.807, 2.05) is 19.1 Å². The summed E-state index contributed by atoms with van der Waals surface area (Å²) in [5.41, 5.74) is 8.29. The van der Waals surface area contributed by atoms with E-state index in [4.69, 9.17) is 10.5 Å². The molecule has 1 aromatic rings. The minimum absolute atomic E-state index is 0.116. The zero-order valence-electron chi connectivity index (χ0n) is 12.2. The van der Waals surface area contributed by atoms with Gasteiger partial charge in [-0.25, -0.2) is 0 Å². The first-order valence-electron chi connectivity index (χ1n) is 6.80. The number of benzene rings is 1. The van der Waals surface area contributed by atoms with E-state index >= 15 is 0 Å². The van der Waals surface area contributed by atoms with Gasteiger partial charge in [0.15, 0.2) is 0 Å².